The Morgan fingerprint density at radius 2 is 2.24 bits per heavy atom. The fourth-order valence-corrected chi connectivity index (χ4v) is 1.37. The van der Waals surface area contributed by atoms with Gasteiger partial charge in [-0.3, -0.25) is 4.79 Å². The maximum absolute atomic E-state index is 11.7. The number of nitrogens with zero attached hydrogens (tertiary/aromatic N) is 1. The third-order valence-corrected chi connectivity index (χ3v) is 2.96. The molecule has 1 rings (SSSR count). The number of hydrogen-bond donors (Lipinski definition) is 2. The first-order chi connectivity index (χ1) is 7.97. The van der Waals surface area contributed by atoms with Crippen LogP contribution in [-0.2, 0) is 0 Å². The molecule has 1 atom stereocenters. The van der Waals surface area contributed by atoms with Crippen LogP contribution < -0.4 is 10.9 Å². The Hall–Kier alpha value is -1.56. The van der Waals surface area contributed by atoms with Gasteiger partial charge >= 0.3 is 5.63 Å². The van der Waals surface area contributed by atoms with E-state index in [0.717, 1.165) is 6.54 Å². The SMILES string of the molecule is CCN(C)C(C)CNC(=O)c1[nH]oc(=O)c1C. The molecule has 0 radical (unpaired) electrons. The number of likely N-dealkylation sites (N-methyl/N-ethyl adjacent to an activating group) is 1. The number of nitrogens with one attached hydrogen (secondary N) is 2. The lowest BCUT2D eigenvalue weighted by Gasteiger charge is -2.22. The Kier molecular flexibility index (Phi) is 4.51. The molecular weight excluding hydrogens is 222 g/mol. The minimum absolute atomic E-state index is 0.196. The van der Waals surface area contributed by atoms with Crippen molar-refractivity contribution in [2.24, 2.45) is 0 Å². The molecule has 0 aliphatic heterocycles. The van der Waals surface area contributed by atoms with Gasteiger partial charge in [0.15, 0.2) is 0 Å². The van der Waals surface area contributed by atoms with Gasteiger partial charge in [0.1, 0.15) is 5.69 Å². The molecule has 6 nitrogen and oxygen atoms in total. The predicted molar refractivity (Wildman–Crippen MR) is 64.2 cm³/mol. The molecule has 0 saturated carbocycles. The van der Waals surface area contributed by atoms with Gasteiger partial charge in [0.05, 0.1) is 5.56 Å². The van der Waals surface area contributed by atoms with E-state index < -0.39 is 5.63 Å². The van der Waals surface area contributed by atoms with E-state index in [1.165, 1.54) is 0 Å². The summed E-state index contributed by atoms with van der Waals surface area (Å²) in [5.41, 5.74) is -0.00535. The Morgan fingerprint density at radius 3 is 2.71 bits per heavy atom. The first-order valence-corrected chi connectivity index (χ1v) is 5.63. The second kappa shape index (κ2) is 5.67. The van der Waals surface area contributed by atoms with Gasteiger partial charge in [-0.25, -0.2) is 9.95 Å². The summed E-state index contributed by atoms with van der Waals surface area (Å²) in [5, 5.41) is 5.08. The van der Waals surface area contributed by atoms with Crippen molar-refractivity contribution in [1.29, 1.82) is 0 Å². The number of rotatable bonds is 5. The molecule has 0 aromatic carbocycles. The van der Waals surface area contributed by atoms with Crippen molar-refractivity contribution in [1.82, 2.24) is 15.4 Å². The summed E-state index contributed by atoms with van der Waals surface area (Å²) >= 11 is 0. The van der Waals surface area contributed by atoms with Crippen LogP contribution in [0.15, 0.2) is 9.32 Å². The highest BCUT2D eigenvalue weighted by Gasteiger charge is 2.16. The Balaban J connectivity index is 2.56. The van der Waals surface area contributed by atoms with Gasteiger partial charge in [0.25, 0.3) is 5.91 Å². The van der Waals surface area contributed by atoms with Gasteiger partial charge < -0.3 is 14.7 Å². The van der Waals surface area contributed by atoms with Crippen LogP contribution in [0.4, 0.5) is 0 Å². The van der Waals surface area contributed by atoms with E-state index in [-0.39, 0.29) is 17.6 Å². The van der Waals surface area contributed by atoms with Crippen LogP contribution in [0, 0.1) is 6.92 Å². The molecule has 1 aromatic heterocycles. The number of carbonyl (C=O) groups excluding carboxylic acids is 1. The number of H-pyrrole nitrogens is 1. The van der Waals surface area contributed by atoms with Crippen LogP contribution in [0.1, 0.15) is 29.9 Å². The second-order valence-electron chi connectivity index (χ2n) is 4.12. The van der Waals surface area contributed by atoms with E-state index >= 15 is 0 Å². The van der Waals surface area contributed by atoms with Crippen LogP contribution in [0.2, 0.25) is 0 Å². The molecule has 0 aliphatic carbocycles. The largest absolute Gasteiger partial charge is 0.360 e. The van der Waals surface area contributed by atoms with Crippen molar-refractivity contribution in [3.8, 4) is 0 Å². The van der Waals surface area contributed by atoms with Crippen LogP contribution >= 0.6 is 0 Å². The highest BCUT2D eigenvalue weighted by atomic mass is 16.5. The van der Waals surface area contributed by atoms with Gasteiger partial charge in [0.2, 0.25) is 0 Å². The predicted octanol–water partition coefficient (Wildman–Crippen LogP) is 0.346. The molecule has 1 heterocycles. The van der Waals surface area contributed by atoms with Gasteiger partial charge in [0, 0.05) is 12.6 Å². The average Bonchev–Trinajstić information content (AvgIpc) is 2.65. The van der Waals surface area contributed by atoms with Crippen molar-refractivity contribution in [3.63, 3.8) is 0 Å². The molecule has 2 N–H and O–H groups in total. The minimum Gasteiger partial charge on any atom is -0.349 e. The summed E-state index contributed by atoms with van der Waals surface area (Å²) in [6.45, 7) is 7.07. The average molecular weight is 241 g/mol. The van der Waals surface area contributed by atoms with Crippen LogP contribution in [0.5, 0.6) is 0 Å². The van der Waals surface area contributed by atoms with Crippen molar-refractivity contribution in [2.75, 3.05) is 20.1 Å². The van der Waals surface area contributed by atoms with Gasteiger partial charge in [-0.15, -0.1) is 0 Å². The quantitative estimate of drug-likeness (QED) is 0.779. The third-order valence-electron chi connectivity index (χ3n) is 2.96. The lowest BCUT2D eigenvalue weighted by atomic mass is 10.2. The molecule has 17 heavy (non-hydrogen) atoms. The topological polar surface area (TPSA) is 78.3 Å². The second-order valence-corrected chi connectivity index (χ2v) is 4.12. The van der Waals surface area contributed by atoms with E-state index in [4.69, 9.17) is 0 Å². The molecule has 0 saturated heterocycles. The van der Waals surface area contributed by atoms with Crippen molar-refractivity contribution in [2.45, 2.75) is 26.8 Å². The van der Waals surface area contributed by atoms with Gasteiger partial charge in [-0.1, -0.05) is 6.92 Å². The number of carbonyl (C=O) groups is 1. The summed E-state index contributed by atoms with van der Waals surface area (Å²) in [4.78, 5) is 24.9. The molecular formula is C11H19N3O3. The van der Waals surface area contributed by atoms with E-state index in [1.807, 2.05) is 14.0 Å². The smallest absolute Gasteiger partial charge is 0.349 e. The third kappa shape index (κ3) is 3.20. The van der Waals surface area contributed by atoms with E-state index in [1.54, 1.807) is 6.92 Å². The molecule has 0 fully saturated rings. The van der Waals surface area contributed by atoms with E-state index in [2.05, 4.69) is 26.8 Å². The number of amides is 1. The number of aromatic amines is 1. The monoisotopic (exact) mass is 241 g/mol. The molecule has 0 bridgehead atoms. The van der Waals surface area contributed by atoms with E-state index in [9.17, 15) is 9.59 Å². The molecule has 0 aliphatic rings. The minimum atomic E-state index is -0.506. The Bertz CT molecular complexity index is 435. The fraction of sp³-hybridized carbons (Fsp3) is 0.636. The number of aromatic nitrogens is 1. The molecule has 1 amide bonds. The van der Waals surface area contributed by atoms with Crippen LogP contribution in [0.3, 0.4) is 0 Å². The lowest BCUT2D eigenvalue weighted by Crippen LogP contribution is -2.40. The maximum Gasteiger partial charge on any atom is 0.360 e. The molecule has 1 unspecified atom stereocenters. The summed E-state index contributed by atoms with van der Waals surface area (Å²) in [6.07, 6.45) is 0. The molecule has 96 valence electrons. The number of hydrogen-bond acceptors (Lipinski definition) is 4. The zero-order chi connectivity index (χ0) is 13.0. The normalized spacial score (nSPS) is 12.8. The lowest BCUT2D eigenvalue weighted by molar-refractivity contribution is 0.0931. The molecule has 0 spiro atoms. The standard InChI is InChI=1S/C11H19N3O3/c1-5-14(4)7(2)6-12-10(15)9-8(3)11(16)17-13-9/h7,13H,5-6H2,1-4H3,(H,12,15). The van der Waals surface area contributed by atoms with Crippen molar-refractivity contribution in [3.05, 3.63) is 21.7 Å². The zero-order valence-electron chi connectivity index (χ0n) is 10.7. The van der Waals surface area contributed by atoms with Crippen LogP contribution in [-0.4, -0.2) is 42.1 Å². The molecule has 1 aromatic rings. The first-order valence-electron chi connectivity index (χ1n) is 5.63. The first kappa shape index (κ1) is 13.5. The zero-order valence-corrected chi connectivity index (χ0v) is 10.7. The van der Waals surface area contributed by atoms with Crippen molar-refractivity contribution < 1.29 is 9.32 Å². The maximum atomic E-state index is 11.7. The highest BCUT2D eigenvalue weighted by molar-refractivity contribution is 5.93. The summed E-state index contributed by atoms with van der Waals surface area (Å²) in [7, 11) is 1.99. The summed E-state index contributed by atoms with van der Waals surface area (Å²) in [5.74, 6) is -0.315. The molecule has 6 heteroatoms. The Morgan fingerprint density at radius 1 is 1.59 bits per heavy atom. The Labute approximate surface area is 99.9 Å². The van der Waals surface area contributed by atoms with Crippen molar-refractivity contribution >= 4 is 5.91 Å². The summed E-state index contributed by atoms with van der Waals surface area (Å²) in [6, 6.07) is 0.239. The van der Waals surface area contributed by atoms with Gasteiger partial charge in [-0.05, 0) is 27.4 Å². The van der Waals surface area contributed by atoms with E-state index in [0.29, 0.717) is 12.1 Å². The highest BCUT2D eigenvalue weighted by Crippen LogP contribution is 1.99. The fourth-order valence-electron chi connectivity index (χ4n) is 1.37. The summed E-state index contributed by atoms with van der Waals surface area (Å²) < 4.78 is 4.54. The van der Waals surface area contributed by atoms with Crippen LogP contribution in [0.25, 0.3) is 0 Å². The van der Waals surface area contributed by atoms with Gasteiger partial charge in [-0.2, -0.15) is 0 Å².